The molecule has 2 rings (SSSR count). The molecule has 0 saturated heterocycles. The molecule has 0 unspecified atom stereocenters. The fourth-order valence-corrected chi connectivity index (χ4v) is 1.64. The Morgan fingerprint density at radius 2 is 2.21 bits per heavy atom. The van der Waals surface area contributed by atoms with Crippen molar-refractivity contribution < 1.29 is 14.6 Å². The second-order valence-corrected chi connectivity index (χ2v) is 4.06. The molecule has 0 spiro atoms. The first kappa shape index (κ1) is 13.3. The number of aromatic nitrogens is 4. The lowest BCUT2D eigenvalue weighted by atomic mass is 10.1. The van der Waals surface area contributed by atoms with Gasteiger partial charge in [-0.1, -0.05) is 0 Å². The molecule has 0 aliphatic rings. The van der Waals surface area contributed by atoms with Crippen LogP contribution < -0.4 is 9.47 Å². The van der Waals surface area contributed by atoms with Crippen LogP contribution in [-0.2, 0) is 13.7 Å². The van der Waals surface area contributed by atoms with Crippen molar-refractivity contribution in [2.24, 2.45) is 7.05 Å². The van der Waals surface area contributed by atoms with Gasteiger partial charge in [-0.05, 0) is 24.3 Å². The average Bonchev–Trinajstić information content (AvgIpc) is 2.81. The molecule has 0 aliphatic heterocycles. The van der Waals surface area contributed by atoms with Crippen molar-refractivity contribution in [2.45, 2.75) is 19.6 Å². The zero-order chi connectivity index (χ0) is 13.8. The Balaban J connectivity index is 2.17. The quantitative estimate of drug-likeness (QED) is 0.862. The van der Waals surface area contributed by atoms with Crippen LogP contribution in [0.2, 0.25) is 0 Å². The van der Waals surface area contributed by atoms with Gasteiger partial charge in [-0.15, -0.1) is 10.2 Å². The van der Waals surface area contributed by atoms with Crippen LogP contribution in [0.15, 0.2) is 18.2 Å². The molecular weight excluding hydrogens is 248 g/mol. The van der Waals surface area contributed by atoms with Crippen LogP contribution in [-0.4, -0.2) is 32.4 Å². The van der Waals surface area contributed by atoms with Gasteiger partial charge in [-0.25, -0.2) is 0 Å². The van der Waals surface area contributed by atoms with E-state index in [1.54, 1.807) is 39.3 Å². The van der Waals surface area contributed by atoms with Crippen LogP contribution in [0.5, 0.6) is 11.5 Å². The molecular formula is C12H16N4O3. The van der Waals surface area contributed by atoms with Gasteiger partial charge in [0.1, 0.15) is 11.5 Å². The summed E-state index contributed by atoms with van der Waals surface area (Å²) in [4.78, 5) is 1.36. The lowest BCUT2D eigenvalue weighted by Crippen LogP contribution is -2.03. The van der Waals surface area contributed by atoms with Crippen LogP contribution in [0, 0.1) is 0 Å². The minimum absolute atomic E-state index is 0.181. The Bertz CT molecular complexity index is 554. The molecule has 0 bridgehead atoms. The van der Waals surface area contributed by atoms with Crippen molar-refractivity contribution in [1.29, 1.82) is 0 Å². The monoisotopic (exact) mass is 264 g/mol. The van der Waals surface area contributed by atoms with Crippen molar-refractivity contribution in [2.75, 3.05) is 7.11 Å². The Morgan fingerprint density at radius 3 is 2.79 bits per heavy atom. The number of hydrogen-bond acceptors (Lipinski definition) is 6. The molecule has 0 fully saturated rings. The lowest BCUT2D eigenvalue weighted by Gasteiger charge is -2.13. The molecule has 19 heavy (non-hydrogen) atoms. The standard InChI is InChI=1S/C12H16N4O3/c1-8(17)10-5-4-9(18-3)6-11(10)19-7-12-13-15-16(2)14-12/h4-6,8,17H,7H2,1-3H3/t8-/m1/s1. The largest absolute Gasteiger partial charge is 0.497 e. The number of hydrogen-bond donors (Lipinski definition) is 1. The van der Waals surface area contributed by atoms with E-state index in [1.807, 2.05) is 0 Å². The van der Waals surface area contributed by atoms with Gasteiger partial charge in [0, 0.05) is 11.6 Å². The molecule has 1 aromatic heterocycles. The van der Waals surface area contributed by atoms with Gasteiger partial charge in [0.2, 0.25) is 5.82 Å². The number of nitrogens with zero attached hydrogens (tertiary/aromatic N) is 4. The van der Waals surface area contributed by atoms with E-state index >= 15 is 0 Å². The molecule has 2 aromatic rings. The van der Waals surface area contributed by atoms with Crippen molar-refractivity contribution >= 4 is 0 Å². The number of rotatable bonds is 5. The average molecular weight is 264 g/mol. The highest BCUT2D eigenvalue weighted by Gasteiger charge is 2.12. The third-order valence-electron chi connectivity index (χ3n) is 2.58. The highest BCUT2D eigenvalue weighted by atomic mass is 16.5. The maximum absolute atomic E-state index is 9.70. The Hall–Kier alpha value is -2.15. The van der Waals surface area contributed by atoms with Crippen LogP contribution in [0.4, 0.5) is 0 Å². The van der Waals surface area contributed by atoms with E-state index in [9.17, 15) is 5.11 Å². The molecule has 1 aromatic carbocycles. The minimum atomic E-state index is -0.629. The molecule has 1 heterocycles. The third-order valence-corrected chi connectivity index (χ3v) is 2.58. The Labute approximate surface area is 110 Å². The fraction of sp³-hybridized carbons (Fsp3) is 0.417. The van der Waals surface area contributed by atoms with Crippen molar-refractivity contribution in [3.8, 4) is 11.5 Å². The van der Waals surface area contributed by atoms with E-state index in [0.29, 0.717) is 22.9 Å². The number of aliphatic hydroxyl groups is 1. The van der Waals surface area contributed by atoms with Crippen LogP contribution in [0.25, 0.3) is 0 Å². The molecule has 0 amide bonds. The van der Waals surface area contributed by atoms with E-state index in [0.717, 1.165) is 0 Å². The highest BCUT2D eigenvalue weighted by Crippen LogP contribution is 2.29. The van der Waals surface area contributed by atoms with Gasteiger partial charge < -0.3 is 14.6 Å². The molecule has 1 atom stereocenters. The molecule has 0 aliphatic carbocycles. The normalized spacial score (nSPS) is 12.2. The van der Waals surface area contributed by atoms with Crippen LogP contribution in [0.3, 0.4) is 0 Å². The number of ether oxygens (including phenoxy) is 2. The molecule has 0 saturated carbocycles. The van der Waals surface area contributed by atoms with Gasteiger partial charge in [0.05, 0.1) is 20.3 Å². The minimum Gasteiger partial charge on any atom is -0.497 e. The molecule has 1 N–H and O–H groups in total. The number of methoxy groups -OCH3 is 1. The first-order chi connectivity index (χ1) is 9.10. The number of aliphatic hydroxyl groups excluding tert-OH is 1. The summed E-state index contributed by atoms with van der Waals surface area (Å²) in [5.74, 6) is 1.68. The summed E-state index contributed by atoms with van der Waals surface area (Å²) in [6.07, 6.45) is -0.629. The predicted octanol–water partition coefficient (Wildman–Crippen LogP) is 0.851. The van der Waals surface area contributed by atoms with E-state index < -0.39 is 6.10 Å². The summed E-state index contributed by atoms with van der Waals surface area (Å²) in [6.45, 7) is 1.86. The maximum atomic E-state index is 9.70. The maximum Gasteiger partial charge on any atom is 0.212 e. The summed E-state index contributed by atoms with van der Waals surface area (Å²) >= 11 is 0. The summed E-state index contributed by atoms with van der Waals surface area (Å²) < 4.78 is 10.8. The van der Waals surface area contributed by atoms with Gasteiger partial charge in [-0.2, -0.15) is 4.80 Å². The molecule has 7 heteroatoms. The van der Waals surface area contributed by atoms with E-state index in [2.05, 4.69) is 15.4 Å². The van der Waals surface area contributed by atoms with Gasteiger partial charge in [0.25, 0.3) is 0 Å². The smallest absolute Gasteiger partial charge is 0.212 e. The predicted molar refractivity (Wildman–Crippen MR) is 66.8 cm³/mol. The lowest BCUT2D eigenvalue weighted by molar-refractivity contribution is 0.189. The second kappa shape index (κ2) is 5.66. The number of aryl methyl sites for hydroxylation is 1. The molecule has 102 valence electrons. The summed E-state index contributed by atoms with van der Waals surface area (Å²) in [5.41, 5.74) is 0.685. The SMILES string of the molecule is COc1ccc([C@@H](C)O)c(OCc2nnn(C)n2)c1. The zero-order valence-electron chi connectivity index (χ0n) is 11.1. The third kappa shape index (κ3) is 3.19. The summed E-state index contributed by atoms with van der Waals surface area (Å²) in [7, 11) is 3.26. The second-order valence-electron chi connectivity index (χ2n) is 4.06. The fourth-order valence-electron chi connectivity index (χ4n) is 1.64. The summed E-state index contributed by atoms with van der Waals surface area (Å²) in [6, 6.07) is 5.26. The zero-order valence-corrected chi connectivity index (χ0v) is 11.1. The Morgan fingerprint density at radius 1 is 1.42 bits per heavy atom. The molecule has 7 nitrogen and oxygen atoms in total. The van der Waals surface area contributed by atoms with E-state index in [-0.39, 0.29) is 6.61 Å². The van der Waals surface area contributed by atoms with Gasteiger partial charge in [-0.3, -0.25) is 0 Å². The van der Waals surface area contributed by atoms with Gasteiger partial charge in [0.15, 0.2) is 6.61 Å². The van der Waals surface area contributed by atoms with Crippen molar-refractivity contribution in [1.82, 2.24) is 20.2 Å². The van der Waals surface area contributed by atoms with E-state index in [4.69, 9.17) is 9.47 Å². The van der Waals surface area contributed by atoms with E-state index in [1.165, 1.54) is 4.80 Å². The Kier molecular flexibility index (Phi) is 3.96. The van der Waals surface area contributed by atoms with Crippen molar-refractivity contribution in [3.05, 3.63) is 29.6 Å². The van der Waals surface area contributed by atoms with Gasteiger partial charge >= 0.3 is 0 Å². The first-order valence-corrected chi connectivity index (χ1v) is 5.82. The van der Waals surface area contributed by atoms with Crippen LogP contribution in [0.1, 0.15) is 24.4 Å². The molecule has 0 radical (unpaired) electrons. The topological polar surface area (TPSA) is 82.3 Å². The van der Waals surface area contributed by atoms with Crippen molar-refractivity contribution in [3.63, 3.8) is 0 Å². The summed E-state index contributed by atoms with van der Waals surface area (Å²) in [5, 5.41) is 21.3. The number of benzene rings is 1. The van der Waals surface area contributed by atoms with Crippen LogP contribution >= 0.6 is 0 Å². The first-order valence-electron chi connectivity index (χ1n) is 5.82. The highest BCUT2D eigenvalue weighted by molar-refractivity contribution is 5.41. The number of tetrazole rings is 1.